The van der Waals surface area contributed by atoms with Gasteiger partial charge in [0.15, 0.2) is 8.32 Å². The minimum atomic E-state index is -2.06. The second kappa shape index (κ2) is 12.6. The van der Waals surface area contributed by atoms with E-state index in [2.05, 4.69) is 44.5 Å². The summed E-state index contributed by atoms with van der Waals surface area (Å²) < 4.78 is 19.9. The maximum Gasteiger partial charge on any atom is 0.324 e. The predicted molar refractivity (Wildman–Crippen MR) is 169 cm³/mol. The molecule has 3 aromatic carbocycles. The zero-order valence-corrected chi connectivity index (χ0v) is 26.5. The summed E-state index contributed by atoms with van der Waals surface area (Å²) in [5, 5.41) is 13.0. The van der Waals surface area contributed by atoms with Crippen LogP contribution in [-0.4, -0.2) is 50.6 Å². The number of nitrogens with one attached hydrogen (secondary N) is 2. The second-order valence-corrected chi connectivity index (χ2v) is 16.7. The van der Waals surface area contributed by atoms with Crippen LogP contribution in [-0.2, 0) is 9.16 Å². The Bertz CT molecular complexity index is 1500. The van der Waals surface area contributed by atoms with Crippen molar-refractivity contribution in [2.75, 3.05) is 31.0 Å². The monoisotopic (exact) mass is 594 g/mol. The van der Waals surface area contributed by atoms with Crippen LogP contribution in [0.15, 0.2) is 66.7 Å². The molecule has 0 saturated heterocycles. The summed E-state index contributed by atoms with van der Waals surface area (Å²) in [6, 6.07) is 20.4. The van der Waals surface area contributed by atoms with Gasteiger partial charge in [0, 0.05) is 22.9 Å². The molecule has 0 saturated carbocycles. The molecule has 2 amide bonds. The minimum Gasteiger partial charge on any atom is -0.474 e. The molecular weight excluding hydrogens is 556 g/mol. The number of amides is 2. The van der Waals surface area contributed by atoms with E-state index in [9.17, 15) is 4.79 Å². The maximum atomic E-state index is 13.3. The molecule has 1 aromatic heterocycles. The number of aromatic nitrogens is 2. The van der Waals surface area contributed by atoms with Crippen LogP contribution >= 0.6 is 11.6 Å². The van der Waals surface area contributed by atoms with Gasteiger partial charge in [-0.2, -0.15) is 0 Å². The lowest BCUT2D eigenvalue weighted by Crippen LogP contribution is -2.46. The second-order valence-electron chi connectivity index (χ2n) is 11.5. The van der Waals surface area contributed by atoms with E-state index in [0.717, 1.165) is 16.5 Å². The molecule has 1 atom stereocenters. The van der Waals surface area contributed by atoms with Gasteiger partial charge < -0.3 is 19.2 Å². The normalized spacial score (nSPS) is 12.8. The molecular formula is C31H39ClN4O4Si. The molecule has 8 nitrogen and oxygen atoms in total. The van der Waals surface area contributed by atoms with E-state index in [-0.39, 0.29) is 17.7 Å². The van der Waals surface area contributed by atoms with Gasteiger partial charge in [-0.25, -0.2) is 9.48 Å². The number of methoxy groups -OCH3 is 1. The number of carbonyl (C=O) groups excluding carboxylic acids is 1. The average Bonchev–Trinajstić information content (AvgIpc) is 3.23. The Labute approximate surface area is 248 Å². The SMILES string of the molecule is COC[C@@H](COc1nn(-c2ccccc2)c(NC(=O)Nc2ccc(Cl)c3ccccc23)c1C)O[Si](C)(C)C(C)(C)C. The number of rotatable bonds is 10. The van der Waals surface area contributed by atoms with Crippen LogP contribution in [0.5, 0.6) is 5.88 Å². The highest BCUT2D eigenvalue weighted by Crippen LogP contribution is 2.37. The molecule has 0 radical (unpaired) electrons. The highest BCUT2D eigenvalue weighted by molar-refractivity contribution is 6.74. The number of nitrogens with zero attached hydrogens (tertiary/aromatic N) is 2. The van der Waals surface area contributed by atoms with Gasteiger partial charge in [0.1, 0.15) is 18.5 Å². The molecule has 1 heterocycles. The summed E-state index contributed by atoms with van der Waals surface area (Å²) in [6.45, 7) is 13.5. The first-order valence-electron chi connectivity index (χ1n) is 13.6. The Morgan fingerprint density at radius 1 is 0.976 bits per heavy atom. The fraction of sp³-hybridized carbons (Fsp3) is 0.355. The van der Waals surface area contributed by atoms with Crippen LogP contribution in [0.3, 0.4) is 0 Å². The van der Waals surface area contributed by atoms with E-state index in [0.29, 0.717) is 34.6 Å². The molecule has 4 rings (SSSR count). The minimum absolute atomic E-state index is 0.0453. The Kier molecular flexibility index (Phi) is 9.43. The summed E-state index contributed by atoms with van der Waals surface area (Å²) in [5.41, 5.74) is 2.12. The van der Waals surface area contributed by atoms with Crippen LogP contribution in [0, 0.1) is 6.92 Å². The van der Waals surface area contributed by atoms with Gasteiger partial charge in [-0.15, -0.1) is 5.10 Å². The lowest BCUT2D eigenvalue weighted by atomic mass is 10.1. The third kappa shape index (κ3) is 7.10. The summed E-state index contributed by atoms with van der Waals surface area (Å²) in [6.07, 6.45) is -0.264. The van der Waals surface area contributed by atoms with Crippen molar-refractivity contribution >= 4 is 48.2 Å². The Morgan fingerprint density at radius 2 is 1.63 bits per heavy atom. The molecule has 2 N–H and O–H groups in total. The smallest absolute Gasteiger partial charge is 0.324 e. The van der Waals surface area contributed by atoms with Crippen LogP contribution in [0.1, 0.15) is 26.3 Å². The molecule has 0 spiro atoms. The fourth-order valence-corrected chi connectivity index (χ4v) is 5.77. The molecule has 0 aliphatic carbocycles. The Balaban J connectivity index is 1.59. The predicted octanol–water partition coefficient (Wildman–Crippen LogP) is 8.05. The number of halogens is 1. The van der Waals surface area contributed by atoms with E-state index in [1.807, 2.05) is 61.5 Å². The molecule has 0 unspecified atom stereocenters. The van der Waals surface area contributed by atoms with Crippen LogP contribution < -0.4 is 15.4 Å². The third-order valence-electron chi connectivity index (χ3n) is 7.46. The number of benzene rings is 3. The molecule has 218 valence electrons. The lowest BCUT2D eigenvalue weighted by Gasteiger charge is -2.39. The zero-order valence-electron chi connectivity index (χ0n) is 24.7. The van der Waals surface area contributed by atoms with E-state index in [1.54, 1.807) is 23.9 Å². The summed E-state index contributed by atoms with van der Waals surface area (Å²) in [4.78, 5) is 13.3. The topological polar surface area (TPSA) is 86.6 Å². The van der Waals surface area contributed by atoms with Gasteiger partial charge >= 0.3 is 6.03 Å². The number of fused-ring (bicyclic) bond motifs is 1. The van der Waals surface area contributed by atoms with E-state index < -0.39 is 14.3 Å². The molecule has 0 aliphatic rings. The lowest BCUT2D eigenvalue weighted by molar-refractivity contribution is 0.0384. The number of hydrogen-bond donors (Lipinski definition) is 2. The van der Waals surface area contributed by atoms with Crippen LogP contribution in [0.4, 0.5) is 16.3 Å². The molecule has 41 heavy (non-hydrogen) atoms. The van der Waals surface area contributed by atoms with E-state index in [4.69, 9.17) is 30.6 Å². The number of hydrogen-bond acceptors (Lipinski definition) is 5. The highest BCUT2D eigenvalue weighted by atomic mass is 35.5. The third-order valence-corrected chi connectivity index (χ3v) is 12.3. The molecule has 4 aromatic rings. The van der Waals surface area contributed by atoms with Gasteiger partial charge in [-0.05, 0) is 49.3 Å². The molecule has 0 bridgehead atoms. The van der Waals surface area contributed by atoms with Crippen LogP contribution in [0.25, 0.3) is 16.5 Å². The van der Waals surface area contributed by atoms with Crippen molar-refractivity contribution in [1.82, 2.24) is 9.78 Å². The zero-order chi connectivity index (χ0) is 29.8. The Hall–Kier alpha value is -3.37. The molecule has 10 heteroatoms. The van der Waals surface area contributed by atoms with Gasteiger partial charge in [-0.3, -0.25) is 5.32 Å². The number of para-hydroxylation sites is 1. The van der Waals surface area contributed by atoms with Crippen LogP contribution in [0.2, 0.25) is 23.2 Å². The number of carbonyl (C=O) groups is 1. The maximum absolute atomic E-state index is 13.3. The summed E-state index contributed by atoms with van der Waals surface area (Å²) >= 11 is 6.37. The van der Waals surface area contributed by atoms with Gasteiger partial charge in [-0.1, -0.05) is 74.8 Å². The number of urea groups is 1. The first kappa shape index (κ1) is 30.6. The van der Waals surface area contributed by atoms with Gasteiger partial charge in [0.05, 0.1) is 23.5 Å². The Morgan fingerprint density at radius 3 is 2.29 bits per heavy atom. The van der Waals surface area contributed by atoms with Gasteiger partial charge in [0.25, 0.3) is 0 Å². The molecule has 0 fully saturated rings. The van der Waals surface area contributed by atoms with Crippen molar-refractivity contribution in [1.29, 1.82) is 0 Å². The van der Waals surface area contributed by atoms with Crippen molar-refractivity contribution in [2.45, 2.75) is 51.9 Å². The van der Waals surface area contributed by atoms with Gasteiger partial charge in [0.2, 0.25) is 5.88 Å². The first-order chi connectivity index (χ1) is 19.4. The standard InChI is InChI=1S/C31H39ClN4O4Si/c1-21-28(34-30(37)33-27-18-17-26(32)24-15-11-12-16-25(24)27)36(22-13-9-8-10-14-22)35-29(21)39-20-23(19-38-5)40-41(6,7)31(2,3)4/h8-18,23H,19-20H2,1-7H3,(H2,33,34,37)/t23-/m0/s1. The summed E-state index contributed by atoms with van der Waals surface area (Å²) in [7, 11) is -0.402. The largest absolute Gasteiger partial charge is 0.474 e. The fourth-order valence-electron chi connectivity index (χ4n) is 4.22. The van der Waals surface area contributed by atoms with Crippen molar-refractivity contribution in [3.05, 3.63) is 77.3 Å². The summed E-state index contributed by atoms with van der Waals surface area (Å²) in [5.74, 6) is 0.900. The quantitative estimate of drug-likeness (QED) is 0.181. The average molecular weight is 595 g/mol. The van der Waals surface area contributed by atoms with Crippen molar-refractivity contribution in [3.63, 3.8) is 0 Å². The van der Waals surface area contributed by atoms with Crippen molar-refractivity contribution in [3.8, 4) is 11.6 Å². The van der Waals surface area contributed by atoms with Crippen molar-refractivity contribution < 1.29 is 18.7 Å². The molecule has 0 aliphatic heterocycles. The number of ether oxygens (including phenoxy) is 2. The highest BCUT2D eigenvalue weighted by Gasteiger charge is 2.39. The van der Waals surface area contributed by atoms with E-state index in [1.165, 1.54) is 0 Å². The van der Waals surface area contributed by atoms with Crippen molar-refractivity contribution in [2.24, 2.45) is 0 Å². The van der Waals surface area contributed by atoms with E-state index >= 15 is 0 Å². The number of anilines is 2. The first-order valence-corrected chi connectivity index (χ1v) is 16.9.